The quantitative estimate of drug-likeness (QED) is 0.533. The fraction of sp³-hybridized carbons (Fsp3) is 0.143. The predicted molar refractivity (Wildman–Crippen MR) is 75.7 cm³/mol. The van der Waals surface area contributed by atoms with E-state index >= 15 is 0 Å². The number of rotatable bonds is 4. The van der Waals surface area contributed by atoms with Crippen molar-refractivity contribution in [3.63, 3.8) is 0 Å². The van der Waals surface area contributed by atoms with Crippen molar-refractivity contribution in [2.75, 3.05) is 6.61 Å². The zero-order valence-electron chi connectivity index (χ0n) is 10.4. The minimum absolute atomic E-state index is 0.0515. The molecule has 2 rings (SSSR count). The molecule has 0 aliphatic heterocycles. The van der Waals surface area contributed by atoms with Crippen molar-refractivity contribution in [1.29, 1.82) is 0 Å². The summed E-state index contributed by atoms with van der Waals surface area (Å²) in [5, 5.41) is 21.3. The Bertz CT molecular complexity index is 669. The number of aliphatic hydroxyl groups excluding tert-OH is 1. The summed E-state index contributed by atoms with van der Waals surface area (Å²) in [4.78, 5) is 11.3. The minimum atomic E-state index is -0.470. The Balaban J connectivity index is 2.05. The number of thiophene rings is 1. The lowest BCUT2D eigenvalue weighted by Gasteiger charge is -2.04. The van der Waals surface area contributed by atoms with Crippen LogP contribution in [0, 0.1) is 22.0 Å². The van der Waals surface area contributed by atoms with Crippen LogP contribution in [0.15, 0.2) is 35.7 Å². The van der Waals surface area contributed by atoms with Crippen molar-refractivity contribution in [3.8, 4) is 17.6 Å². The summed E-state index contributed by atoms with van der Waals surface area (Å²) in [6, 6.07) is 8.09. The first-order valence-electron chi connectivity index (χ1n) is 5.74. The molecule has 1 aromatic heterocycles. The highest BCUT2D eigenvalue weighted by molar-refractivity contribution is 7.10. The molecule has 0 atom stereocenters. The number of para-hydroxylation sites is 2. The van der Waals surface area contributed by atoms with Crippen LogP contribution in [0.5, 0.6) is 5.75 Å². The lowest BCUT2D eigenvalue weighted by atomic mass is 10.3. The molecule has 0 amide bonds. The zero-order chi connectivity index (χ0) is 14.4. The van der Waals surface area contributed by atoms with E-state index in [4.69, 9.17) is 9.84 Å². The highest BCUT2D eigenvalue weighted by Crippen LogP contribution is 2.27. The van der Waals surface area contributed by atoms with Gasteiger partial charge in [0.05, 0.1) is 4.92 Å². The van der Waals surface area contributed by atoms with Crippen LogP contribution in [-0.4, -0.2) is 16.6 Å². The molecule has 1 heterocycles. The molecule has 0 fully saturated rings. The topological polar surface area (TPSA) is 72.6 Å². The Morgan fingerprint density at radius 1 is 1.40 bits per heavy atom. The summed E-state index contributed by atoms with van der Waals surface area (Å²) >= 11 is 1.45. The molecule has 1 N–H and O–H groups in total. The molecule has 0 spiro atoms. The number of aliphatic hydroxyl groups is 1. The second kappa shape index (κ2) is 6.70. The first-order valence-corrected chi connectivity index (χ1v) is 6.62. The van der Waals surface area contributed by atoms with Crippen molar-refractivity contribution in [2.24, 2.45) is 0 Å². The largest absolute Gasteiger partial charge is 0.481 e. The molecule has 0 bridgehead atoms. The molecule has 6 heteroatoms. The number of nitrogens with zero attached hydrogens (tertiary/aromatic N) is 1. The fourth-order valence-electron chi connectivity index (χ4n) is 1.54. The van der Waals surface area contributed by atoms with Gasteiger partial charge in [-0.2, -0.15) is 0 Å². The maximum Gasteiger partial charge on any atom is 0.310 e. The van der Waals surface area contributed by atoms with E-state index in [1.54, 1.807) is 18.2 Å². The Labute approximate surface area is 119 Å². The second-order valence-electron chi connectivity index (χ2n) is 3.78. The normalized spacial score (nSPS) is 9.65. The molecule has 0 saturated carbocycles. The lowest BCUT2D eigenvalue weighted by Crippen LogP contribution is -1.97. The monoisotopic (exact) mass is 289 g/mol. The Hall–Kier alpha value is -2.36. The van der Waals surface area contributed by atoms with Gasteiger partial charge in [0.25, 0.3) is 0 Å². The van der Waals surface area contributed by atoms with Crippen molar-refractivity contribution < 1.29 is 14.8 Å². The van der Waals surface area contributed by atoms with Gasteiger partial charge in [-0.15, -0.1) is 11.3 Å². The summed E-state index contributed by atoms with van der Waals surface area (Å²) in [6.45, 7) is 0.0637. The lowest BCUT2D eigenvalue weighted by molar-refractivity contribution is -0.385. The van der Waals surface area contributed by atoms with E-state index in [-0.39, 0.29) is 24.7 Å². The third-order valence-corrected chi connectivity index (χ3v) is 3.31. The maximum absolute atomic E-state index is 10.8. The Morgan fingerprint density at radius 3 is 2.95 bits per heavy atom. The van der Waals surface area contributed by atoms with Crippen LogP contribution < -0.4 is 4.74 Å². The van der Waals surface area contributed by atoms with Crippen LogP contribution in [-0.2, 0) is 6.61 Å². The molecule has 0 aliphatic rings. The average Bonchev–Trinajstić information content (AvgIpc) is 2.91. The van der Waals surface area contributed by atoms with Gasteiger partial charge in [-0.05, 0) is 12.1 Å². The number of hydrogen-bond acceptors (Lipinski definition) is 5. The van der Waals surface area contributed by atoms with Crippen LogP contribution in [0.1, 0.15) is 10.4 Å². The van der Waals surface area contributed by atoms with Gasteiger partial charge in [0.15, 0.2) is 5.75 Å². The van der Waals surface area contributed by atoms with Gasteiger partial charge < -0.3 is 9.84 Å². The van der Waals surface area contributed by atoms with Crippen LogP contribution in [0.2, 0.25) is 0 Å². The SMILES string of the molecule is O=[N+]([O-])c1ccccc1OCc1cc(C#CCO)cs1. The first-order chi connectivity index (χ1) is 9.70. The average molecular weight is 289 g/mol. The Morgan fingerprint density at radius 2 is 2.20 bits per heavy atom. The van der Waals surface area contributed by atoms with Gasteiger partial charge in [-0.1, -0.05) is 24.0 Å². The van der Waals surface area contributed by atoms with E-state index in [1.165, 1.54) is 17.4 Å². The highest BCUT2D eigenvalue weighted by atomic mass is 32.1. The molecular weight excluding hydrogens is 278 g/mol. The van der Waals surface area contributed by atoms with Gasteiger partial charge in [0, 0.05) is 21.9 Å². The van der Waals surface area contributed by atoms with Crippen molar-refractivity contribution >= 4 is 17.0 Å². The molecule has 2 aromatic rings. The summed E-state index contributed by atoms with van der Waals surface area (Å²) in [6.07, 6.45) is 0. The van der Waals surface area contributed by atoms with Crippen molar-refractivity contribution in [1.82, 2.24) is 0 Å². The van der Waals surface area contributed by atoms with Crippen molar-refractivity contribution in [2.45, 2.75) is 6.61 Å². The number of nitro groups is 1. The molecule has 102 valence electrons. The molecule has 5 nitrogen and oxygen atoms in total. The molecule has 20 heavy (non-hydrogen) atoms. The molecular formula is C14H11NO4S. The maximum atomic E-state index is 10.8. The predicted octanol–water partition coefficient (Wildman–Crippen LogP) is 2.58. The third-order valence-electron chi connectivity index (χ3n) is 2.40. The molecule has 0 unspecified atom stereocenters. The van der Waals surface area contributed by atoms with Gasteiger partial charge in [0.2, 0.25) is 0 Å². The summed E-state index contributed by atoms with van der Waals surface area (Å²) < 4.78 is 5.47. The van der Waals surface area contributed by atoms with Crippen molar-refractivity contribution in [3.05, 3.63) is 56.3 Å². The smallest absolute Gasteiger partial charge is 0.310 e. The summed E-state index contributed by atoms with van der Waals surface area (Å²) in [5.74, 6) is 5.59. The van der Waals surface area contributed by atoms with E-state index < -0.39 is 4.92 Å². The third kappa shape index (κ3) is 3.57. The Kier molecular flexibility index (Phi) is 4.71. The summed E-state index contributed by atoms with van der Waals surface area (Å²) in [7, 11) is 0. The van der Waals surface area contributed by atoms with Crippen LogP contribution in [0.4, 0.5) is 5.69 Å². The van der Waals surface area contributed by atoms with E-state index in [0.717, 1.165) is 10.4 Å². The van der Waals surface area contributed by atoms with E-state index in [0.29, 0.717) is 0 Å². The van der Waals surface area contributed by atoms with Gasteiger partial charge in [-0.3, -0.25) is 10.1 Å². The molecule has 0 aliphatic carbocycles. The highest BCUT2D eigenvalue weighted by Gasteiger charge is 2.13. The van der Waals surface area contributed by atoms with Crippen LogP contribution in [0.3, 0.4) is 0 Å². The van der Waals surface area contributed by atoms with E-state index in [2.05, 4.69) is 11.8 Å². The summed E-state index contributed by atoms with van der Waals surface area (Å²) in [5.41, 5.74) is 0.745. The fourth-order valence-corrected chi connectivity index (χ4v) is 2.27. The van der Waals surface area contributed by atoms with Crippen LogP contribution >= 0.6 is 11.3 Å². The molecule has 0 radical (unpaired) electrons. The molecule has 0 saturated heterocycles. The van der Waals surface area contributed by atoms with E-state index in [9.17, 15) is 10.1 Å². The van der Waals surface area contributed by atoms with E-state index in [1.807, 2.05) is 11.4 Å². The first kappa shape index (κ1) is 14.1. The number of ether oxygens (including phenoxy) is 1. The van der Waals surface area contributed by atoms with Crippen LogP contribution in [0.25, 0.3) is 0 Å². The number of nitro benzene ring substituents is 1. The number of benzene rings is 1. The van der Waals surface area contributed by atoms with Gasteiger partial charge in [-0.25, -0.2) is 0 Å². The minimum Gasteiger partial charge on any atom is -0.481 e. The second-order valence-corrected chi connectivity index (χ2v) is 4.77. The van der Waals surface area contributed by atoms with Gasteiger partial charge in [0.1, 0.15) is 13.2 Å². The van der Waals surface area contributed by atoms with Gasteiger partial charge >= 0.3 is 5.69 Å². The standard InChI is InChI=1S/C14H11NO4S/c16-7-3-4-11-8-12(20-10-11)9-19-14-6-2-1-5-13(14)15(17)18/h1-2,5-6,8,10,16H,7,9H2. The number of hydrogen-bond donors (Lipinski definition) is 1. The molecule has 1 aromatic carbocycles. The zero-order valence-corrected chi connectivity index (χ0v) is 11.2.